The van der Waals surface area contributed by atoms with Crippen LogP contribution in [-0.4, -0.2) is 44.2 Å². The molecule has 1 fully saturated rings. The maximum absolute atomic E-state index is 13.4. The molecule has 0 saturated carbocycles. The number of nitro benzene ring substituents is 1. The van der Waals surface area contributed by atoms with Crippen molar-refractivity contribution in [3.8, 4) is 0 Å². The van der Waals surface area contributed by atoms with Crippen LogP contribution >= 0.6 is 0 Å². The van der Waals surface area contributed by atoms with Gasteiger partial charge in [-0.3, -0.25) is 10.1 Å². The Kier molecular flexibility index (Phi) is 5.22. The van der Waals surface area contributed by atoms with E-state index in [1.54, 1.807) is 0 Å². The van der Waals surface area contributed by atoms with Gasteiger partial charge in [-0.25, -0.2) is 0 Å². The van der Waals surface area contributed by atoms with Crippen molar-refractivity contribution in [1.82, 2.24) is 0 Å². The maximum Gasteiger partial charge on any atom is 0.417 e. The largest absolute Gasteiger partial charge is 0.417 e. The van der Waals surface area contributed by atoms with Gasteiger partial charge in [0.25, 0.3) is 5.69 Å². The molecule has 0 spiro atoms. The lowest BCUT2D eigenvalue weighted by atomic mass is 9.89. The summed E-state index contributed by atoms with van der Waals surface area (Å²) < 4.78 is 45.3. The molecule has 0 unspecified atom stereocenters. The fourth-order valence-corrected chi connectivity index (χ4v) is 2.79. The second-order valence-corrected chi connectivity index (χ2v) is 5.58. The Morgan fingerprint density at radius 3 is 2.54 bits per heavy atom. The Bertz CT molecular complexity index is 629. The van der Waals surface area contributed by atoms with Crippen LogP contribution in [0.5, 0.6) is 0 Å². The van der Waals surface area contributed by atoms with Crippen LogP contribution in [0.25, 0.3) is 0 Å². The Balaban J connectivity index is 2.24. The number of alkyl halides is 3. The van der Waals surface area contributed by atoms with Crippen LogP contribution < -0.4 is 10.4 Å². The van der Waals surface area contributed by atoms with E-state index in [9.17, 15) is 23.3 Å². The molecule has 1 aliphatic rings. The zero-order valence-electron chi connectivity index (χ0n) is 12.9. The smallest absolute Gasteiger partial charge is 0.366 e. The number of ether oxygens (including phenoxy) is 1. The molecule has 0 amide bonds. The number of anilines is 1. The lowest BCUT2D eigenvalue weighted by Gasteiger charge is -2.43. The zero-order valence-corrected chi connectivity index (χ0v) is 12.9. The van der Waals surface area contributed by atoms with Crippen molar-refractivity contribution < 1.29 is 22.8 Å². The monoisotopic (exact) mass is 340 g/mol. The molecule has 1 aromatic rings. The molecule has 1 heterocycles. The molecule has 0 bridgehead atoms. The third kappa shape index (κ3) is 3.56. The summed E-state index contributed by atoms with van der Waals surface area (Å²) in [5, 5.41) is 11.1. The van der Waals surface area contributed by atoms with Gasteiger partial charge in [-0.15, -0.1) is 6.58 Å². The first kappa shape index (κ1) is 18.3. The minimum atomic E-state index is -4.52. The number of halogens is 3. The predicted octanol–water partition coefficient (Wildman–Crippen LogP) is 2.49. The fourth-order valence-electron chi connectivity index (χ4n) is 2.79. The van der Waals surface area contributed by atoms with Crippen LogP contribution in [-0.2, 0) is 4.74 Å². The number of piperidine rings is 1. The second kappa shape index (κ2) is 6.84. The lowest BCUT2D eigenvalue weighted by Crippen LogP contribution is -2.55. The minimum Gasteiger partial charge on any atom is -0.366 e. The van der Waals surface area contributed by atoms with Crippen molar-refractivity contribution in [1.29, 1.82) is 0 Å². The average Bonchev–Trinajstić information content (AvgIpc) is 2.52. The molecule has 24 heavy (non-hydrogen) atoms. The molecule has 1 saturated heterocycles. The van der Waals surface area contributed by atoms with Crippen LogP contribution in [0.3, 0.4) is 0 Å². The zero-order chi connectivity index (χ0) is 18.0. The first-order valence-electron chi connectivity index (χ1n) is 7.30. The molecule has 128 valence electrons. The second-order valence-electron chi connectivity index (χ2n) is 5.58. The van der Waals surface area contributed by atoms with E-state index in [1.807, 2.05) is 0 Å². The van der Waals surface area contributed by atoms with Gasteiger partial charge in [0.15, 0.2) is 5.60 Å². The summed E-state index contributed by atoms with van der Waals surface area (Å²) in [4.78, 5) is 12.1. The van der Waals surface area contributed by atoms with E-state index in [0.717, 1.165) is 0 Å². The van der Waals surface area contributed by atoms with Crippen molar-refractivity contribution in [2.45, 2.75) is 24.6 Å². The van der Waals surface area contributed by atoms with Gasteiger partial charge >= 0.3 is 6.18 Å². The van der Waals surface area contributed by atoms with Crippen LogP contribution in [0.15, 0.2) is 30.9 Å². The first-order chi connectivity index (χ1) is 11.2. The topological polar surface area (TPSA) is 55.6 Å². The van der Waals surface area contributed by atoms with E-state index in [-0.39, 0.29) is 43.9 Å². The maximum atomic E-state index is 13.4. The quantitative estimate of drug-likeness (QED) is 0.358. The fraction of sp³-hybridized carbons (Fsp3) is 0.467. The Labute approximate surface area is 138 Å². The van der Waals surface area contributed by atoms with Gasteiger partial charge in [-0.1, -0.05) is 17.6 Å². The summed E-state index contributed by atoms with van der Waals surface area (Å²) in [6.45, 7) is 3.11. The molecule has 9 heteroatoms. The van der Waals surface area contributed by atoms with E-state index in [1.165, 1.54) is 29.2 Å². The van der Waals surface area contributed by atoms with E-state index in [2.05, 4.69) is 6.58 Å². The van der Waals surface area contributed by atoms with Crippen LogP contribution in [0, 0.1) is 10.1 Å². The third-order valence-electron chi connectivity index (χ3n) is 4.10. The highest BCUT2D eigenvalue weighted by Gasteiger charge is 2.57. The van der Waals surface area contributed by atoms with Crippen LogP contribution in [0.4, 0.5) is 24.5 Å². The Hall–Kier alpha value is -2.03. The van der Waals surface area contributed by atoms with Crippen molar-refractivity contribution in [2.75, 3.05) is 24.6 Å². The first-order valence-corrected chi connectivity index (χ1v) is 7.30. The highest BCUT2D eigenvalue weighted by molar-refractivity contribution is 6.32. The number of benzene rings is 1. The standard InChI is InChI=1S/C15H16BF3N2O3/c1-2-9-24-14(15(17,18)19)5-7-20(8-6-14)13-10-11(16)3-4-12(13)21(22)23/h2-4,10H,1,5-9H2. The van der Waals surface area contributed by atoms with E-state index in [0.29, 0.717) is 5.46 Å². The molecule has 0 aliphatic carbocycles. The summed E-state index contributed by atoms with van der Waals surface area (Å²) in [5.74, 6) is 0. The van der Waals surface area contributed by atoms with Crippen molar-refractivity contribution in [3.63, 3.8) is 0 Å². The summed E-state index contributed by atoms with van der Waals surface area (Å²) in [6, 6.07) is 4.05. The third-order valence-corrected chi connectivity index (χ3v) is 4.10. The molecule has 5 nitrogen and oxygen atoms in total. The summed E-state index contributed by atoms with van der Waals surface area (Å²) in [6.07, 6.45) is -3.90. The summed E-state index contributed by atoms with van der Waals surface area (Å²) >= 11 is 0. The number of hydrogen-bond donors (Lipinski definition) is 0. The van der Waals surface area contributed by atoms with Gasteiger partial charge in [0.1, 0.15) is 13.5 Å². The molecule has 1 aromatic carbocycles. The van der Waals surface area contributed by atoms with Gasteiger partial charge < -0.3 is 9.64 Å². The van der Waals surface area contributed by atoms with Crippen LogP contribution in [0.1, 0.15) is 12.8 Å². The van der Waals surface area contributed by atoms with Crippen molar-refractivity contribution >= 4 is 24.7 Å². The van der Waals surface area contributed by atoms with E-state index < -0.39 is 16.7 Å². The molecule has 2 rings (SSSR count). The van der Waals surface area contributed by atoms with E-state index >= 15 is 0 Å². The van der Waals surface area contributed by atoms with Crippen molar-refractivity contribution in [3.05, 3.63) is 41.0 Å². The molecule has 0 aromatic heterocycles. The number of hydrogen-bond acceptors (Lipinski definition) is 4. The highest BCUT2D eigenvalue weighted by Crippen LogP contribution is 2.43. The SMILES string of the molecule is [B]c1ccc([N+](=O)[O-])c(N2CCC(OCC=C)(C(F)(F)F)CC2)c1. The molecule has 2 radical (unpaired) electrons. The van der Waals surface area contributed by atoms with Crippen LogP contribution in [0.2, 0.25) is 0 Å². The van der Waals surface area contributed by atoms with Gasteiger partial charge in [0.2, 0.25) is 0 Å². The van der Waals surface area contributed by atoms with Gasteiger partial charge in [0, 0.05) is 32.0 Å². The molecule has 0 N–H and O–H groups in total. The molecular formula is C15H16BF3N2O3. The predicted molar refractivity (Wildman–Crippen MR) is 84.9 cm³/mol. The van der Waals surface area contributed by atoms with E-state index in [4.69, 9.17) is 12.6 Å². The minimum absolute atomic E-state index is 0.0268. The van der Waals surface area contributed by atoms with Gasteiger partial charge in [-0.05, 0) is 6.07 Å². The summed E-state index contributed by atoms with van der Waals surface area (Å²) in [7, 11) is 5.66. The Morgan fingerprint density at radius 2 is 2.04 bits per heavy atom. The highest BCUT2D eigenvalue weighted by atomic mass is 19.4. The van der Waals surface area contributed by atoms with Gasteiger partial charge in [0.05, 0.1) is 11.5 Å². The lowest BCUT2D eigenvalue weighted by molar-refractivity contribution is -0.384. The van der Waals surface area contributed by atoms with Crippen molar-refractivity contribution in [2.24, 2.45) is 0 Å². The average molecular weight is 340 g/mol. The molecule has 0 atom stereocenters. The van der Waals surface area contributed by atoms with Gasteiger partial charge in [-0.2, -0.15) is 13.2 Å². The Morgan fingerprint density at radius 1 is 1.42 bits per heavy atom. The molecular weight excluding hydrogens is 324 g/mol. The number of nitro groups is 1. The molecule has 1 aliphatic heterocycles. The normalized spacial score (nSPS) is 17.5. The summed E-state index contributed by atoms with van der Waals surface area (Å²) in [5.41, 5.74) is -1.91. The number of nitrogens with zero attached hydrogens (tertiary/aromatic N) is 2. The number of rotatable bonds is 5.